The molecule has 2 aliphatic heterocycles. The molecule has 1 aromatic rings. The first-order valence-electron chi connectivity index (χ1n) is 10.3. The molecule has 2 heterocycles. The average Bonchev–Trinajstić information content (AvgIpc) is 2.72. The third kappa shape index (κ3) is 2.39. The zero-order valence-corrected chi connectivity index (χ0v) is 17.0. The number of methoxy groups -OCH3 is 2. The number of piperidine rings is 1. The van der Waals surface area contributed by atoms with Gasteiger partial charge >= 0.3 is 5.97 Å². The molecule has 3 aliphatic rings. The van der Waals surface area contributed by atoms with Crippen LogP contribution in [0.5, 0.6) is 11.5 Å². The first kappa shape index (κ1) is 19.1. The monoisotopic (exact) mass is 387 g/mol. The van der Waals surface area contributed by atoms with Crippen LogP contribution in [0, 0.1) is 5.41 Å². The second kappa shape index (κ2) is 6.98. The van der Waals surface area contributed by atoms with Crippen molar-refractivity contribution < 1.29 is 23.8 Å². The number of nitrogens with zero attached hydrogens (tertiary/aromatic N) is 1. The van der Waals surface area contributed by atoms with Gasteiger partial charge in [-0.25, -0.2) is 0 Å². The predicted octanol–water partition coefficient (Wildman–Crippen LogP) is 3.20. The maximum atomic E-state index is 13.4. The van der Waals surface area contributed by atoms with Crippen molar-refractivity contribution in [3.8, 4) is 11.5 Å². The highest BCUT2D eigenvalue weighted by molar-refractivity contribution is 5.87. The van der Waals surface area contributed by atoms with Gasteiger partial charge in [0.05, 0.1) is 31.8 Å². The van der Waals surface area contributed by atoms with Crippen LogP contribution in [0.15, 0.2) is 12.1 Å². The second-order valence-corrected chi connectivity index (χ2v) is 8.03. The van der Waals surface area contributed by atoms with Crippen molar-refractivity contribution in [3.63, 3.8) is 0 Å². The summed E-state index contributed by atoms with van der Waals surface area (Å²) in [7, 11) is 3.25. The van der Waals surface area contributed by atoms with Gasteiger partial charge in [0.1, 0.15) is 0 Å². The van der Waals surface area contributed by atoms with Crippen LogP contribution in [-0.4, -0.2) is 44.1 Å². The number of fused-ring (bicyclic) bond motifs is 1. The van der Waals surface area contributed by atoms with Crippen LogP contribution in [0.25, 0.3) is 0 Å². The Morgan fingerprint density at radius 3 is 2.50 bits per heavy atom. The molecule has 1 amide bonds. The molecule has 0 radical (unpaired) electrons. The minimum absolute atomic E-state index is 0.141. The molecule has 1 spiro atoms. The van der Waals surface area contributed by atoms with E-state index in [-0.39, 0.29) is 11.9 Å². The van der Waals surface area contributed by atoms with Crippen LogP contribution < -0.4 is 9.47 Å². The van der Waals surface area contributed by atoms with E-state index in [1.807, 2.05) is 24.0 Å². The molecular weight excluding hydrogens is 358 g/mol. The van der Waals surface area contributed by atoms with Gasteiger partial charge in [-0.2, -0.15) is 0 Å². The van der Waals surface area contributed by atoms with E-state index < -0.39 is 11.0 Å². The summed E-state index contributed by atoms with van der Waals surface area (Å²) in [4.78, 5) is 28.4. The number of amides is 1. The first-order valence-corrected chi connectivity index (χ1v) is 10.3. The standard InChI is InChI=1S/C22H29NO5/c1-4-28-20(25)21-9-5-6-10-22(21)16-14-18(27-3)17(26-2)13-15(16)8-12-23(22)19(24)7-11-21/h13-14H,4-12H2,1-3H3/t21-,22+/m0/s1. The molecule has 0 bridgehead atoms. The summed E-state index contributed by atoms with van der Waals surface area (Å²) in [5.74, 6) is 1.31. The number of benzene rings is 1. The van der Waals surface area contributed by atoms with Gasteiger partial charge < -0.3 is 19.1 Å². The van der Waals surface area contributed by atoms with E-state index in [1.54, 1.807) is 14.2 Å². The van der Waals surface area contributed by atoms with Crippen LogP contribution in [0.4, 0.5) is 0 Å². The highest BCUT2D eigenvalue weighted by Crippen LogP contribution is 2.62. The Hall–Kier alpha value is -2.24. The zero-order valence-electron chi connectivity index (χ0n) is 17.0. The fourth-order valence-corrected chi connectivity index (χ4v) is 5.89. The van der Waals surface area contributed by atoms with Crippen molar-refractivity contribution in [1.29, 1.82) is 0 Å². The number of rotatable bonds is 4. The van der Waals surface area contributed by atoms with E-state index in [2.05, 4.69) is 0 Å². The molecule has 152 valence electrons. The molecule has 1 saturated carbocycles. The Balaban J connectivity index is 1.98. The van der Waals surface area contributed by atoms with Gasteiger partial charge in [0.2, 0.25) is 5.91 Å². The third-order valence-electron chi connectivity index (χ3n) is 7.04. The molecule has 2 fully saturated rings. The van der Waals surface area contributed by atoms with Gasteiger partial charge in [-0.15, -0.1) is 0 Å². The summed E-state index contributed by atoms with van der Waals surface area (Å²) < 4.78 is 16.7. The summed E-state index contributed by atoms with van der Waals surface area (Å²) in [5.41, 5.74) is 0.834. The predicted molar refractivity (Wildman–Crippen MR) is 103 cm³/mol. The summed E-state index contributed by atoms with van der Waals surface area (Å²) in [5, 5.41) is 0. The molecule has 4 rings (SSSR count). The van der Waals surface area contributed by atoms with E-state index in [9.17, 15) is 9.59 Å². The smallest absolute Gasteiger partial charge is 0.314 e. The van der Waals surface area contributed by atoms with Crippen molar-refractivity contribution in [3.05, 3.63) is 23.3 Å². The van der Waals surface area contributed by atoms with Gasteiger partial charge in [-0.1, -0.05) is 12.8 Å². The fraction of sp³-hybridized carbons (Fsp3) is 0.636. The van der Waals surface area contributed by atoms with Crippen LogP contribution >= 0.6 is 0 Å². The van der Waals surface area contributed by atoms with E-state index in [4.69, 9.17) is 14.2 Å². The van der Waals surface area contributed by atoms with Crippen molar-refractivity contribution in [2.75, 3.05) is 27.4 Å². The Labute approximate surface area is 166 Å². The lowest BCUT2D eigenvalue weighted by Crippen LogP contribution is -2.68. The van der Waals surface area contributed by atoms with Gasteiger partial charge in [0.25, 0.3) is 0 Å². The first-order chi connectivity index (χ1) is 13.5. The van der Waals surface area contributed by atoms with Gasteiger partial charge in [0.15, 0.2) is 11.5 Å². The molecule has 0 aromatic heterocycles. The molecule has 6 heteroatoms. The highest BCUT2D eigenvalue weighted by atomic mass is 16.5. The number of carbonyl (C=O) groups is 2. The van der Waals surface area contributed by atoms with Gasteiger partial charge in [0, 0.05) is 13.0 Å². The molecule has 6 nitrogen and oxygen atoms in total. The second-order valence-electron chi connectivity index (χ2n) is 8.03. The Morgan fingerprint density at radius 1 is 1.07 bits per heavy atom. The fourth-order valence-electron chi connectivity index (χ4n) is 5.89. The molecule has 1 aliphatic carbocycles. The van der Waals surface area contributed by atoms with E-state index in [0.29, 0.717) is 37.5 Å². The van der Waals surface area contributed by atoms with Crippen LogP contribution in [0.2, 0.25) is 0 Å². The molecule has 2 atom stereocenters. The van der Waals surface area contributed by atoms with Gasteiger partial charge in [-0.05, 0) is 55.9 Å². The van der Waals surface area contributed by atoms with Crippen molar-refractivity contribution in [2.45, 2.75) is 57.4 Å². The van der Waals surface area contributed by atoms with Crippen LogP contribution in [0.1, 0.15) is 56.6 Å². The summed E-state index contributed by atoms with van der Waals surface area (Å²) >= 11 is 0. The minimum Gasteiger partial charge on any atom is -0.493 e. The van der Waals surface area contributed by atoms with Crippen molar-refractivity contribution >= 4 is 11.9 Å². The maximum absolute atomic E-state index is 13.4. The number of carbonyl (C=O) groups excluding carboxylic acids is 2. The molecular formula is C22H29NO5. The molecule has 28 heavy (non-hydrogen) atoms. The number of ether oxygens (including phenoxy) is 3. The lowest BCUT2D eigenvalue weighted by molar-refractivity contribution is -0.190. The summed E-state index contributed by atoms with van der Waals surface area (Å²) in [6.45, 7) is 2.82. The lowest BCUT2D eigenvalue weighted by Gasteiger charge is -2.62. The van der Waals surface area contributed by atoms with Crippen LogP contribution in [-0.2, 0) is 26.3 Å². The Kier molecular flexibility index (Phi) is 4.76. The quantitative estimate of drug-likeness (QED) is 0.743. The molecule has 1 aromatic carbocycles. The van der Waals surface area contributed by atoms with E-state index in [0.717, 1.165) is 43.2 Å². The van der Waals surface area contributed by atoms with Crippen molar-refractivity contribution in [1.82, 2.24) is 4.90 Å². The topological polar surface area (TPSA) is 65.1 Å². The average molecular weight is 387 g/mol. The minimum atomic E-state index is -0.691. The normalized spacial score (nSPS) is 28.7. The Morgan fingerprint density at radius 2 is 1.79 bits per heavy atom. The maximum Gasteiger partial charge on any atom is 0.314 e. The van der Waals surface area contributed by atoms with E-state index in [1.165, 1.54) is 0 Å². The number of esters is 1. The third-order valence-corrected chi connectivity index (χ3v) is 7.04. The van der Waals surface area contributed by atoms with Gasteiger partial charge in [-0.3, -0.25) is 9.59 Å². The van der Waals surface area contributed by atoms with Crippen LogP contribution in [0.3, 0.4) is 0 Å². The summed E-state index contributed by atoms with van der Waals surface area (Å²) in [6.07, 6.45) is 5.20. The van der Waals surface area contributed by atoms with Crippen molar-refractivity contribution in [2.24, 2.45) is 5.41 Å². The highest BCUT2D eigenvalue weighted by Gasteiger charge is 2.66. The SMILES string of the molecule is CCOC(=O)[C@@]12CCCC[C@@]13c1cc(OC)c(OC)cc1CCN3C(=O)CC2. The zero-order chi connectivity index (χ0) is 19.9. The lowest BCUT2D eigenvalue weighted by atomic mass is 9.52. The molecule has 0 unspecified atom stereocenters. The summed E-state index contributed by atoms with van der Waals surface area (Å²) in [6, 6.07) is 4.02. The molecule has 1 saturated heterocycles. The number of hydrogen-bond donors (Lipinski definition) is 0. The number of hydrogen-bond acceptors (Lipinski definition) is 5. The molecule has 0 N–H and O–H groups in total. The largest absolute Gasteiger partial charge is 0.493 e. The Bertz CT molecular complexity index is 806. The van der Waals surface area contributed by atoms with E-state index >= 15 is 0 Å².